The number of pyridine rings is 1. The minimum atomic E-state index is -3.45. The van der Waals surface area contributed by atoms with Crippen LogP contribution < -0.4 is 14.8 Å². The summed E-state index contributed by atoms with van der Waals surface area (Å²) < 4.78 is 30.0. The summed E-state index contributed by atoms with van der Waals surface area (Å²) >= 11 is 0. The molecule has 0 aliphatic carbocycles. The highest BCUT2D eigenvalue weighted by molar-refractivity contribution is 7.88. The molecule has 24 heavy (non-hydrogen) atoms. The maximum atomic E-state index is 11.9. The first-order chi connectivity index (χ1) is 11.2. The number of hydrogen-bond donors (Lipinski definition) is 2. The van der Waals surface area contributed by atoms with E-state index in [1.165, 1.54) is 13.1 Å². The normalized spacial score (nSPS) is 12.5. The van der Waals surface area contributed by atoms with Crippen molar-refractivity contribution in [3.63, 3.8) is 0 Å². The molecule has 128 valence electrons. The topological polar surface area (TPSA) is 97.4 Å². The third-order valence-electron chi connectivity index (χ3n) is 3.03. The molecule has 1 amide bonds. The summed E-state index contributed by atoms with van der Waals surface area (Å²) in [6.07, 6.45) is 2.43. The van der Waals surface area contributed by atoms with E-state index in [0.29, 0.717) is 17.3 Å². The van der Waals surface area contributed by atoms with Crippen molar-refractivity contribution in [1.82, 2.24) is 9.71 Å². The van der Waals surface area contributed by atoms with Crippen LogP contribution in [0.25, 0.3) is 0 Å². The Morgan fingerprint density at radius 2 is 1.83 bits per heavy atom. The second kappa shape index (κ2) is 7.41. The van der Waals surface area contributed by atoms with Gasteiger partial charge in [-0.25, -0.2) is 18.1 Å². The molecule has 1 aromatic heterocycles. The predicted molar refractivity (Wildman–Crippen MR) is 91.6 cm³/mol. The van der Waals surface area contributed by atoms with Crippen molar-refractivity contribution >= 4 is 21.6 Å². The summed E-state index contributed by atoms with van der Waals surface area (Å²) in [6.45, 7) is 3.44. The minimum absolute atomic E-state index is 0.388. The van der Waals surface area contributed by atoms with E-state index in [4.69, 9.17) is 4.74 Å². The molecule has 0 unspecified atom stereocenters. The maximum Gasteiger partial charge on any atom is 0.242 e. The zero-order chi connectivity index (χ0) is 17.7. The van der Waals surface area contributed by atoms with Gasteiger partial charge in [0.2, 0.25) is 21.8 Å². The highest BCUT2D eigenvalue weighted by atomic mass is 32.2. The Morgan fingerprint density at radius 3 is 2.38 bits per heavy atom. The molecule has 0 spiro atoms. The first kappa shape index (κ1) is 17.9. The number of carbonyl (C=O) groups is 1. The van der Waals surface area contributed by atoms with Crippen molar-refractivity contribution in [1.29, 1.82) is 0 Å². The van der Waals surface area contributed by atoms with Crippen LogP contribution in [-0.2, 0) is 14.8 Å². The predicted octanol–water partition coefficient (Wildman–Crippen LogP) is 2.06. The standard InChI is InChI=1S/C16H19N3O4S/c1-11-4-7-14(8-5-11)23-15-9-6-13(10-17-15)18-16(20)12(2)19-24(3,21)22/h4-10,12,19H,1-3H3,(H,18,20)/t12-/m1/s1. The van der Waals surface area contributed by atoms with Gasteiger partial charge in [-0.05, 0) is 32.0 Å². The molecule has 0 fully saturated rings. The van der Waals surface area contributed by atoms with Crippen LogP contribution in [0, 0.1) is 6.92 Å². The van der Waals surface area contributed by atoms with Crippen LogP contribution in [0.4, 0.5) is 5.69 Å². The maximum absolute atomic E-state index is 11.9. The van der Waals surface area contributed by atoms with Crippen molar-refractivity contribution in [2.75, 3.05) is 11.6 Å². The van der Waals surface area contributed by atoms with Gasteiger partial charge in [-0.2, -0.15) is 0 Å². The molecule has 0 aliphatic heterocycles. The molecule has 1 atom stereocenters. The Hall–Kier alpha value is -2.45. The molecule has 2 aromatic rings. The van der Waals surface area contributed by atoms with Gasteiger partial charge in [0.05, 0.1) is 24.2 Å². The lowest BCUT2D eigenvalue weighted by Gasteiger charge is -2.12. The number of nitrogens with zero attached hydrogens (tertiary/aromatic N) is 1. The molecule has 7 nitrogen and oxygen atoms in total. The van der Waals surface area contributed by atoms with E-state index < -0.39 is 22.0 Å². The number of benzene rings is 1. The minimum Gasteiger partial charge on any atom is -0.439 e. The third kappa shape index (κ3) is 5.64. The van der Waals surface area contributed by atoms with E-state index in [1.54, 1.807) is 12.1 Å². The summed E-state index contributed by atoms with van der Waals surface area (Å²) in [5.41, 5.74) is 1.57. The quantitative estimate of drug-likeness (QED) is 0.832. The van der Waals surface area contributed by atoms with Crippen molar-refractivity contribution in [3.05, 3.63) is 48.2 Å². The number of ether oxygens (including phenoxy) is 1. The molecule has 0 saturated heterocycles. The Morgan fingerprint density at radius 1 is 1.17 bits per heavy atom. The molecule has 0 bridgehead atoms. The Balaban J connectivity index is 1.96. The van der Waals surface area contributed by atoms with E-state index in [1.807, 2.05) is 31.2 Å². The van der Waals surface area contributed by atoms with E-state index in [2.05, 4.69) is 15.0 Å². The number of anilines is 1. The largest absolute Gasteiger partial charge is 0.439 e. The van der Waals surface area contributed by atoms with Crippen molar-refractivity contribution in [2.45, 2.75) is 19.9 Å². The van der Waals surface area contributed by atoms with Crippen molar-refractivity contribution < 1.29 is 17.9 Å². The summed E-state index contributed by atoms with van der Waals surface area (Å²) in [4.78, 5) is 16.0. The lowest BCUT2D eigenvalue weighted by atomic mass is 10.2. The van der Waals surface area contributed by atoms with Gasteiger partial charge in [-0.3, -0.25) is 4.79 Å². The molecule has 2 rings (SSSR count). The van der Waals surface area contributed by atoms with Gasteiger partial charge in [-0.15, -0.1) is 0 Å². The van der Waals surface area contributed by atoms with Crippen LogP contribution in [0.5, 0.6) is 11.6 Å². The molecule has 8 heteroatoms. The molecule has 0 radical (unpaired) electrons. The van der Waals surface area contributed by atoms with Crippen LogP contribution >= 0.6 is 0 Å². The molecule has 1 heterocycles. The summed E-state index contributed by atoms with van der Waals surface area (Å²) in [5.74, 6) is 0.574. The monoisotopic (exact) mass is 349 g/mol. The van der Waals surface area contributed by atoms with E-state index >= 15 is 0 Å². The van der Waals surface area contributed by atoms with Crippen LogP contribution in [0.3, 0.4) is 0 Å². The lowest BCUT2D eigenvalue weighted by Crippen LogP contribution is -2.40. The average Bonchev–Trinajstić information content (AvgIpc) is 2.50. The van der Waals surface area contributed by atoms with Crippen LogP contribution in [0.1, 0.15) is 12.5 Å². The van der Waals surface area contributed by atoms with E-state index in [-0.39, 0.29) is 0 Å². The van der Waals surface area contributed by atoms with Gasteiger partial charge in [-0.1, -0.05) is 17.7 Å². The van der Waals surface area contributed by atoms with E-state index in [9.17, 15) is 13.2 Å². The fraction of sp³-hybridized carbons (Fsp3) is 0.250. The van der Waals surface area contributed by atoms with Crippen LogP contribution in [0.2, 0.25) is 0 Å². The van der Waals surface area contributed by atoms with Gasteiger partial charge in [0, 0.05) is 6.07 Å². The van der Waals surface area contributed by atoms with Gasteiger partial charge >= 0.3 is 0 Å². The fourth-order valence-electron chi connectivity index (χ4n) is 1.87. The molecule has 0 aliphatic rings. The number of sulfonamides is 1. The summed E-state index contributed by atoms with van der Waals surface area (Å²) in [5, 5.41) is 2.58. The number of nitrogens with one attached hydrogen (secondary N) is 2. The Labute approximate surface area is 141 Å². The first-order valence-electron chi connectivity index (χ1n) is 7.22. The molecular weight excluding hydrogens is 330 g/mol. The number of hydrogen-bond acceptors (Lipinski definition) is 5. The number of amides is 1. The first-order valence-corrected chi connectivity index (χ1v) is 9.11. The van der Waals surface area contributed by atoms with Gasteiger partial charge in [0.15, 0.2) is 0 Å². The number of aryl methyl sites for hydroxylation is 1. The average molecular weight is 349 g/mol. The second-order valence-electron chi connectivity index (χ2n) is 5.40. The van der Waals surface area contributed by atoms with Gasteiger partial charge < -0.3 is 10.1 Å². The second-order valence-corrected chi connectivity index (χ2v) is 7.18. The SMILES string of the molecule is Cc1ccc(Oc2ccc(NC(=O)[C@@H](C)NS(C)(=O)=O)cn2)cc1. The molecule has 0 saturated carbocycles. The summed E-state index contributed by atoms with van der Waals surface area (Å²) in [7, 11) is -3.45. The number of carbonyl (C=O) groups excluding carboxylic acids is 1. The molecule has 1 aromatic carbocycles. The van der Waals surface area contributed by atoms with Crippen LogP contribution in [-0.4, -0.2) is 31.6 Å². The number of rotatable bonds is 6. The Bertz CT molecular complexity index is 802. The van der Waals surface area contributed by atoms with E-state index in [0.717, 1.165) is 11.8 Å². The van der Waals surface area contributed by atoms with Crippen molar-refractivity contribution in [3.8, 4) is 11.6 Å². The zero-order valence-corrected chi connectivity index (χ0v) is 14.4. The lowest BCUT2D eigenvalue weighted by molar-refractivity contribution is -0.117. The van der Waals surface area contributed by atoms with Crippen molar-refractivity contribution in [2.24, 2.45) is 0 Å². The van der Waals surface area contributed by atoms with Crippen LogP contribution in [0.15, 0.2) is 42.6 Å². The fourth-order valence-corrected chi connectivity index (χ4v) is 2.62. The third-order valence-corrected chi connectivity index (χ3v) is 3.81. The van der Waals surface area contributed by atoms with Gasteiger partial charge in [0.1, 0.15) is 5.75 Å². The molecule has 2 N–H and O–H groups in total. The Kier molecular flexibility index (Phi) is 5.53. The zero-order valence-electron chi connectivity index (χ0n) is 13.6. The highest BCUT2D eigenvalue weighted by Crippen LogP contribution is 2.20. The summed E-state index contributed by atoms with van der Waals surface area (Å²) in [6, 6.07) is 9.89. The highest BCUT2D eigenvalue weighted by Gasteiger charge is 2.17. The molecular formula is C16H19N3O4S. The number of aromatic nitrogens is 1. The smallest absolute Gasteiger partial charge is 0.242 e. The van der Waals surface area contributed by atoms with Gasteiger partial charge in [0.25, 0.3) is 0 Å².